The van der Waals surface area contributed by atoms with E-state index in [-0.39, 0.29) is 6.04 Å². The van der Waals surface area contributed by atoms with Gasteiger partial charge >= 0.3 is 0 Å². The van der Waals surface area contributed by atoms with Gasteiger partial charge in [-0.25, -0.2) is 10.4 Å². The van der Waals surface area contributed by atoms with Crippen LogP contribution in [0.25, 0.3) is 0 Å². The van der Waals surface area contributed by atoms with Crippen LogP contribution in [0, 0.1) is 0 Å². The molecule has 5 heteroatoms. The van der Waals surface area contributed by atoms with Crippen molar-refractivity contribution in [3.05, 3.63) is 40.1 Å². The number of thiophene rings is 1. The molecule has 1 aliphatic carbocycles. The molecule has 2 unspecified atom stereocenters. The Hall–Kier alpha value is -1.17. The summed E-state index contributed by atoms with van der Waals surface area (Å²) in [6, 6.07) is 2.34. The predicted molar refractivity (Wildman–Crippen MR) is 73.3 cm³/mol. The number of nitrogens with two attached hydrogens (primary N) is 1. The Morgan fingerprint density at radius 3 is 3.22 bits per heavy atom. The van der Waals surface area contributed by atoms with Crippen LogP contribution in [0.4, 0.5) is 0 Å². The number of aromatic nitrogens is 2. The number of nitrogens with one attached hydrogen (secondary N) is 1. The van der Waals surface area contributed by atoms with Gasteiger partial charge in [0.2, 0.25) is 0 Å². The maximum Gasteiger partial charge on any atom is 0.127 e. The molecule has 4 nitrogen and oxygen atoms in total. The summed E-state index contributed by atoms with van der Waals surface area (Å²) in [5, 5.41) is 2.19. The molecule has 3 rings (SSSR count). The van der Waals surface area contributed by atoms with Crippen LogP contribution in [0.1, 0.15) is 41.1 Å². The van der Waals surface area contributed by atoms with Crippen LogP contribution in [0.3, 0.4) is 0 Å². The summed E-state index contributed by atoms with van der Waals surface area (Å²) >= 11 is 1.86. The van der Waals surface area contributed by atoms with E-state index in [4.69, 9.17) is 5.84 Å². The zero-order valence-electron chi connectivity index (χ0n) is 10.5. The van der Waals surface area contributed by atoms with Crippen molar-refractivity contribution in [3.8, 4) is 0 Å². The maximum absolute atomic E-state index is 5.79. The number of fused-ring (bicyclic) bond motifs is 1. The third kappa shape index (κ3) is 1.88. The first-order valence-electron chi connectivity index (χ1n) is 6.31. The van der Waals surface area contributed by atoms with Gasteiger partial charge in [0.05, 0.1) is 6.04 Å². The molecule has 2 aromatic rings. The summed E-state index contributed by atoms with van der Waals surface area (Å²) < 4.78 is 2.05. The zero-order chi connectivity index (χ0) is 12.5. The molecule has 0 radical (unpaired) electrons. The molecule has 0 aromatic carbocycles. The number of hydrazine groups is 1. The topological polar surface area (TPSA) is 55.9 Å². The van der Waals surface area contributed by atoms with E-state index in [0.717, 1.165) is 5.82 Å². The predicted octanol–water partition coefficient (Wildman–Crippen LogP) is 2.11. The molecule has 0 spiro atoms. The van der Waals surface area contributed by atoms with Gasteiger partial charge in [0.1, 0.15) is 5.82 Å². The molecular formula is C13H18N4S. The molecule has 2 heterocycles. The van der Waals surface area contributed by atoms with E-state index in [1.54, 1.807) is 0 Å². The highest BCUT2D eigenvalue weighted by atomic mass is 32.1. The Labute approximate surface area is 111 Å². The van der Waals surface area contributed by atoms with Crippen LogP contribution in [-0.4, -0.2) is 9.55 Å². The number of rotatable bonds is 3. The van der Waals surface area contributed by atoms with Gasteiger partial charge in [0.25, 0.3) is 0 Å². The van der Waals surface area contributed by atoms with Gasteiger partial charge in [-0.15, -0.1) is 11.3 Å². The summed E-state index contributed by atoms with van der Waals surface area (Å²) in [6.45, 7) is 0. The van der Waals surface area contributed by atoms with Crippen LogP contribution >= 0.6 is 11.3 Å². The minimum Gasteiger partial charge on any atom is -0.337 e. The standard InChI is InChI=1S/C13H18N4S/c1-17-7-6-15-13(17)12(16-14)10-3-2-4-11-9(10)5-8-18-11/h5-8,10,12,16H,2-4,14H2,1H3. The van der Waals surface area contributed by atoms with Gasteiger partial charge in [-0.05, 0) is 36.3 Å². The number of imidazole rings is 1. The number of aryl methyl sites for hydroxylation is 2. The SMILES string of the molecule is Cn1ccnc1C(NN)C1CCCc2sccc21. The first-order chi connectivity index (χ1) is 8.81. The third-order valence-corrected chi connectivity index (χ3v) is 4.81. The second kappa shape index (κ2) is 4.84. The molecule has 3 N–H and O–H groups in total. The van der Waals surface area contributed by atoms with Crippen molar-refractivity contribution in [2.45, 2.75) is 31.2 Å². The van der Waals surface area contributed by atoms with Crippen molar-refractivity contribution in [1.82, 2.24) is 15.0 Å². The van der Waals surface area contributed by atoms with Gasteiger partial charge in [0.15, 0.2) is 0 Å². The van der Waals surface area contributed by atoms with Crippen molar-refractivity contribution in [2.24, 2.45) is 12.9 Å². The van der Waals surface area contributed by atoms with Crippen LogP contribution in [0.2, 0.25) is 0 Å². The van der Waals surface area contributed by atoms with Gasteiger partial charge in [-0.2, -0.15) is 0 Å². The second-order valence-corrected chi connectivity index (χ2v) is 5.84. The first kappa shape index (κ1) is 11.9. The zero-order valence-corrected chi connectivity index (χ0v) is 11.3. The van der Waals surface area contributed by atoms with E-state index in [1.807, 2.05) is 35.3 Å². The smallest absolute Gasteiger partial charge is 0.127 e. The quantitative estimate of drug-likeness (QED) is 0.658. The lowest BCUT2D eigenvalue weighted by atomic mass is 9.82. The monoisotopic (exact) mass is 262 g/mol. The van der Waals surface area contributed by atoms with E-state index in [1.165, 1.54) is 29.7 Å². The summed E-state index contributed by atoms with van der Waals surface area (Å²) in [6.07, 6.45) is 7.42. The van der Waals surface area contributed by atoms with Gasteiger partial charge < -0.3 is 4.57 Å². The fourth-order valence-corrected chi connectivity index (χ4v) is 3.91. The molecule has 0 aliphatic heterocycles. The minimum absolute atomic E-state index is 0.0960. The lowest BCUT2D eigenvalue weighted by molar-refractivity contribution is 0.388. The van der Waals surface area contributed by atoms with Gasteiger partial charge in [-0.3, -0.25) is 5.84 Å². The van der Waals surface area contributed by atoms with Crippen molar-refractivity contribution in [1.29, 1.82) is 0 Å². The van der Waals surface area contributed by atoms with E-state index in [2.05, 4.69) is 21.9 Å². The molecule has 0 fully saturated rings. The van der Waals surface area contributed by atoms with Gasteiger partial charge in [-0.1, -0.05) is 0 Å². The molecule has 1 aliphatic rings. The number of hydrogen-bond acceptors (Lipinski definition) is 4. The fourth-order valence-electron chi connectivity index (χ4n) is 2.92. The lowest BCUT2D eigenvalue weighted by Crippen LogP contribution is -2.35. The van der Waals surface area contributed by atoms with Crippen molar-refractivity contribution >= 4 is 11.3 Å². The van der Waals surface area contributed by atoms with Crippen molar-refractivity contribution in [2.75, 3.05) is 0 Å². The molecule has 0 saturated heterocycles. The average molecular weight is 262 g/mol. The maximum atomic E-state index is 5.79. The van der Waals surface area contributed by atoms with Crippen LogP contribution < -0.4 is 11.3 Å². The Kier molecular flexibility index (Phi) is 3.20. The summed E-state index contributed by atoms with van der Waals surface area (Å²) in [4.78, 5) is 5.96. The summed E-state index contributed by atoms with van der Waals surface area (Å²) in [5.41, 5.74) is 4.42. The fraction of sp³-hybridized carbons (Fsp3) is 0.462. The second-order valence-electron chi connectivity index (χ2n) is 4.84. The lowest BCUT2D eigenvalue weighted by Gasteiger charge is -2.29. The molecule has 0 saturated carbocycles. The van der Waals surface area contributed by atoms with Gasteiger partial charge in [0, 0.05) is 30.2 Å². The van der Waals surface area contributed by atoms with E-state index < -0.39 is 0 Å². The normalized spacial score (nSPS) is 20.7. The van der Waals surface area contributed by atoms with E-state index in [0.29, 0.717) is 5.92 Å². The van der Waals surface area contributed by atoms with Crippen LogP contribution in [0.5, 0.6) is 0 Å². The Morgan fingerprint density at radius 1 is 1.61 bits per heavy atom. The Morgan fingerprint density at radius 2 is 2.50 bits per heavy atom. The highest BCUT2D eigenvalue weighted by molar-refractivity contribution is 7.10. The highest BCUT2D eigenvalue weighted by Crippen LogP contribution is 2.41. The summed E-state index contributed by atoms with van der Waals surface area (Å²) in [5.74, 6) is 7.24. The van der Waals surface area contributed by atoms with Crippen molar-refractivity contribution in [3.63, 3.8) is 0 Å². The molecule has 0 bridgehead atoms. The first-order valence-corrected chi connectivity index (χ1v) is 7.19. The largest absolute Gasteiger partial charge is 0.337 e. The molecular weight excluding hydrogens is 244 g/mol. The summed E-state index contributed by atoms with van der Waals surface area (Å²) in [7, 11) is 2.02. The number of nitrogens with zero attached hydrogens (tertiary/aromatic N) is 2. The minimum atomic E-state index is 0.0960. The molecule has 96 valence electrons. The average Bonchev–Trinajstić information content (AvgIpc) is 3.00. The van der Waals surface area contributed by atoms with Crippen LogP contribution in [-0.2, 0) is 13.5 Å². The Balaban J connectivity index is 1.97. The molecule has 2 aromatic heterocycles. The van der Waals surface area contributed by atoms with Crippen molar-refractivity contribution < 1.29 is 0 Å². The molecule has 0 amide bonds. The highest BCUT2D eigenvalue weighted by Gasteiger charge is 2.31. The van der Waals surface area contributed by atoms with Crippen LogP contribution in [0.15, 0.2) is 23.8 Å². The van der Waals surface area contributed by atoms with E-state index in [9.17, 15) is 0 Å². The molecule has 2 atom stereocenters. The third-order valence-electron chi connectivity index (χ3n) is 3.82. The molecule has 18 heavy (non-hydrogen) atoms. The Bertz CT molecular complexity index is 531. The number of hydrogen-bond donors (Lipinski definition) is 2. The van der Waals surface area contributed by atoms with E-state index >= 15 is 0 Å².